The van der Waals surface area contributed by atoms with Crippen LogP contribution in [0.4, 0.5) is 0 Å². The fourth-order valence-corrected chi connectivity index (χ4v) is 3.99. The number of likely N-dealkylation sites (tertiary alicyclic amines) is 1. The van der Waals surface area contributed by atoms with Crippen molar-refractivity contribution in [3.8, 4) is 0 Å². The Labute approximate surface area is 145 Å². The number of hydrogen-bond acceptors (Lipinski definition) is 3. The van der Waals surface area contributed by atoms with Gasteiger partial charge in [-0.25, -0.2) is 0 Å². The molecule has 2 unspecified atom stereocenters. The normalized spacial score (nSPS) is 19.1. The van der Waals surface area contributed by atoms with Crippen LogP contribution in [0.2, 0.25) is 0 Å². The van der Waals surface area contributed by atoms with Crippen molar-refractivity contribution in [2.24, 2.45) is 10.9 Å². The highest BCUT2D eigenvalue weighted by atomic mass is 32.1. The van der Waals surface area contributed by atoms with E-state index >= 15 is 0 Å². The van der Waals surface area contributed by atoms with Gasteiger partial charge in [-0.2, -0.15) is 11.3 Å². The van der Waals surface area contributed by atoms with Gasteiger partial charge >= 0.3 is 0 Å². The molecule has 0 saturated carbocycles. The van der Waals surface area contributed by atoms with Gasteiger partial charge in [-0.3, -0.25) is 9.89 Å². The van der Waals surface area contributed by atoms with Gasteiger partial charge in [0, 0.05) is 26.2 Å². The van der Waals surface area contributed by atoms with Crippen LogP contribution in [0.3, 0.4) is 0 Å². The van der Waals surface area contributed by atoms with Gasteiger partial charge in [0.25, 0.3) is 0 Å². The predicted octanol–water partition coefficient (Wildman–Crippen LogP) is 3.14. The standard InChI is InChI=1S/C18H32N4S/c1-14(2)17(22-8-5-6-9-22)12-21-18(19-4)20-11-15(3)16-7-10-23-13-16/h7,10,13-15,17H,5-6,8-9,11-12H2,1-4H3,(H2,19,20,21). The van der Waals surface area contributed by atoms with Crippen LogP contribution in [0.15, 0.2) is 21.8 Å². The Morgan fingerprint density at radius 3 is 2.48 bits per heavy atom. The van der Waals surface area contributed by atoms with Crippen molar-refractivity contribution in [2.45, 2.75) is 45.6 Å². The van der Waals surface area contributed by atoms with Crippen molar-refractivity contribution in [3.05, 3.63) is 22.4 Å². The molecular weight excluding hydrogens is 304 g/mol. The van der Waals surface area contributed by atoms with Crippen LogP contribution in [-0.2, 0) is 0 Å². The molecule has 2 atom stereocenters. The molecule has 2 rings (SSSR count). The summed E-state index contributed by atoms with van der Waals surface area (Å²) in [5.74, 6) is 2.07. The Morgan fingerprint density at radius 1 is 1.22 bits per heavy atom. The molecule has 0 spiro atoms. The average Bonchev–Trinajstić information content (AvgIpc) is 3.23. The van der Waals surface area contributed by atoms with Crippen LogP contribution in [0.25, 0.3) is 0 Å². The second-order valence-electron chi connectivity index (χ2n) is 6.85. The Bertz CT molecular complexity index is 463. The molecule has 1 aromatic heterocycles. The first-order chi connectivity index (χ1) is 11.1. The molecule has 2 N–H and O–H groups in total. The minimum atomic E-state index is 0.499. The number of nitrogens with zero attached hydrogens (tertiary/aromatic N) is 2. The van der Waals surface area contributed by atoms with Gasteiger partial charge < -0.3 is 10.6 Å². The Hall–Kier alpha value is -1.07. The lowest BCUT2D eigenvalue weighted by Crippen LogP contribution is -2.49. The molecule has 0 amide bonds. The van der Waals surface area contributed by atoms with Crippen molar-refractivity contribution >= 4 is 17.3 Å². The first kappa shape index (κ1) is 18.3. The third kappa shape index (κ3) is 5.50. The van der Waals surface area contributed by atoms with E-state index in [0.717, 1.165) is 19.0 Å². The highest BCUT2D eigenvalue weighted by Gasteiger charge is 2.24. The topological polar surface area (TPSA) is 39.7 Å². The van der Waals surface area contributed by atoms with E-state index in [9.17, 15) is 0 Å². The summed E-state index contributed by atoms with van der Waals surface area (Å²) in [6, 6.07) is 2.79. The van der Waals surface area contributed by atoms with E-state index in [1.54, 1.807) is 11.3 Å². The molecule has 0 bridgehead atoms. The van der Waals surface area contributed by atoms with E-state index in [2.05, 4.69) is 58.1 Å². The summed E-state index contributed by atoms with van der Waals surface area (Å²) in [7, 11) is 1.85. The molecule has 1 aliphatic rings. The zero-order valence-electron chi connectivity index (χ0n) is 15.0. The molecule has 0 aromatic carbocycles. The van der Waals surface area contributed by atoms with Crippen molar-refractivity contribution in [2.75, 3.05) is 33.2 Å². The molecule has 23 heavy (non-hydrogen) atoms. The zero-order valence-corrected chi connectivity index (χ0v) is 15.8. The quantitative estimate of drug-likeness (QED) is 0.593. The van der Waals surface area contributed by atoms with Crippen LogP contribution in [0, 0.1) is 5.92 Å². The number of hydrogen-bond donors (Lipinski definition) is 2. The highest BCUT2D eigenvalue weighted by molar-refractivity contribution is 7.07. The van der Waals surface area contributed by atoms with Gasteiger partial charge in [0.2, 0.25) is 0 Å². The Kier molecular flexibility index (Phi) is 7.37. The minimum Gasteiger partial charge on any atom is -0.356 e. The molecule has 0 radical (unpaired) electrons. The molecule has 2 heterocycles. The van der Waals surface area contributed by atoms with Crippen molar-refractivity contribution < 1.29 is 0 Å². The summed E-state index contributed by atoms with van der Waals surface area (Å²) in [5.41, 5.74) is 1.40. The second kappa shape index (κ2) is 9.28. The molecule has 1 saturated heterocycles. The van der Waals surface area contributed by atoms with Crippen LogP contribution in [0.1, 0.15) is 45.1 Å². The van der Waals surface area contributed by atoms with Gasteiger partial charge in [-0.05, 0) is 60.2 Å². The summed E-state index contributed by atoms with van der Waals surface area (Å²) in [6.45, 7) is 11.2. The fraction of sp³-hybridized carbons (Fsp3) is 0.722. The van der Waals surface area contributed by atoms with Gasteiger partial charge in [0.05, 0.1) is 0 Å². The Balaban J connectivity index is 1.79. The van der Waals surface area contributed by atoms with E-state index in [1.165, 1.54) is 31.5 Å². The predicted molar refractivity (Wildman–Crippen MR) is 102 cm³/mol. The average molecular weight is 337 g/mol. The summed E-state index contributed by atoms with van der Waals surface area (Å²) in [5, 5.41) is 11.4. The molecule has 1 aromatic rings. The largest absolute Gasteiger partial charge is 0.356 e. The van der Waals surface area contributed by atoms with Crippen molar-refractivity contribution in [1.82, 2.24) is 15.5 Å². The van der Waals surface area contributed by atoms with Gasteiger partial charge in [0.15, 0.2) is 5.96 Å². The monoisotopic (exact) mass is 336 g/mol. The maximum absolute atomic E-state index is 4.38. The third-order valence-corrected chi connectivity index (χ3v) is 5.47. The zero-order chi connectivity index (χ0) is 16.7. The molecule has 5 heteroatoms. The molecule has 130 valence electrons. The van der Waals surface area contributed by atoms with Crippen molar-refractivity contribution in [3.63, 3.8) is 0 Å². The lowest BCUT2D eigenvalue weighted by molar-refractivity contribution is 0.192. The van der Waals surface area contributed by atoms with E-state index in [-0.39, 0.29) is 0 Å². The maximum atomic E-state index is 4.38. The summed E-state index contributed by atoms with van der Waals surface area (Å²) >= 11 is 1.76. The van der Waals surface area contributed by atoms with E-state index in [0.29, 0.717) is 17.9 Å². The van der Waals surface area contributed by atoms with Gasteiger partial charge in [-0.15, -0.1) is 0 Å². The molecule has 1 fully saturated rings. The number of rotatable bonds is 7. The van der Waals surface area contributed by atoms with Crippen LogP contribution < -0.4 is 10.6 Å². The second-order valence-corrected chi connectivity index (χ2v) is 7.63. The number of aliphatic imine (C=N–C) groups is 1. The minimum absolute atomic E-state index is 0.499. The van der Waals surface area contributed by atoms with E-state index in [4.69, 9.17) is 0 Å². The molecule has 0 aliphatic carbocycles. The third-order valence-electron chi connectivity index (χ3n) is 4.77. The number of nitrogens with one attached hydrogen (secondary N) is 2. The number of guanidine groups is 1. The fourth-order valence-electron chi connectivity index (χ4n) is 3.20. The summed E-state index contributed by atoms with van der Waals surface area (Å²) < 4.78 is 0. The van der Waals surface area contributed by atoms with E-state index in [1.807, 2.05) is 7.05 Å². The van der Waals surface area contributed by atoms with E-state index < -0.39 is 0 Å². The first-order valence-electron chi connectivity index (χ1n) is 8.82. The van der Waals surface area contributed by atoms with Gasteiger partial charge in [-0.1, -0.05) is 20.8 Å². The first-order valence-corrected chi connectivity index (χ1v) is 9.76. The maximum Gasteiger partial charge on any atom is 0.191 e. The summed E-state index contributed by atoms with van der Waals surface area (Å²) in [4.78, 5) is 7.00. The lowest BCUT2D eigenvalue weighted by atomic mass is 10.0. The van der Waals surface area contributed by atoms with Crippen LogP contribution in [0.5, 0.6) is 0 Å². The van der Waals surface area contributed by atoms with Crippen molar-refractivity contribution in [1.29, 1.82) is 0 Å². The molecular formula is C18H32N4S. The van der Waals surface area contributed by atoms with Crippen LogP contribution >= 0.6 is 11.3 Å². The molecule has 1 aliphatic heterocycles. The van der Waals surface area contributed by atoms with Gasteiger partial charge in [0.1, 0.15) is 0 Å². The summed E-state index contributed by atoms with van der Waals surface area (Å²) in [6.07, 6.45) is 2.68. The Morgan fingerprint density at radius 2 is 1.91 bits per heavy atom. The smallest absolute Gasteiger partial charge is 0.191 e. The molecule has 4 nitrogen and oxygen atoms in total. The lowest BCUT2D eigenvalue weighted by Gasteiger charge is -2.31. The SMILES string of the molecule is CN=C(NCC(C)c1ccsc1)NCC(C(C)C)N1CCCC1. The van der Waals surface area contributed by atoms with Crippen LogP contribution in [-0.4, -0.2) is 50.1 Å². The highest BCUT2D eigenvalue weighted by Crippen LogP contribution is 2.18. The number of thiophene rings is 1.